The standard InChI is InChI=1S/C9H12ClF3N2/c1-5(2)6(3)15-8(10)4-7(14-15)9(11,12)13/h4-6H,1-3H3. The van der Waals surface area contributed by atoms with E-state index >= 15 is 0 Å². The summed E-state index contributed by atoms with van der Waals surface area (Å²) >= 11 is 5.69. The minimum atomic E-state index is -4.44. The van der Waals surface area contributed by atoms with Gasteiger partial charge < -0.3 is 0 Å². The monoisotopic (exact) mass is 240 g/mol. The van der Waals surface area contributed by atoms with Crippen molar-refractivity contribution in [3.63, 3.8) is 0 Å². The normalized spacial score (nSPS) is 14.7. The van der Waals surface area contributed by atoms with Crippen molar-refractivity contribution >= 4 is 11.6 Å². The molecule has 1 aromatic heterocycles. The average Bonchev–Trinajstić information content (AvgIpc) is 2.45. The maximum absolute atomic E-state index is 12.3. The fourth-order valence-corrected chi connectivity index (χ4v) is 1.37. The number of hydrogen-bond donors (Lipinski definition) is 0. The SMILES string of the molecule is CC(C)C(C)n1nc(C(F)(F)F)cc1Cl. The van der Waals surface area contributed by atoms with Crippen molar-refractivity contribution < 1.29 is 13.2 Å². The first-order valence-electron chi connectivity index (χ1n) is 4.55. The zero-order valence-electron chi connectivity index (χ0n) is 8.64. The van der Waals surface area contributed by atoms with Crippen LogP contribution in [0, 0.1) is 5.92 Å². The predicted octanol–water partition coefficient (Wildman–Crippen LogP) is 3.77. The summed E-state index contributed by atoms with van der Waals surface area (Å²) in [5, 5.41) is 3.48. The van der Waals surface area contributed by atoms with Gasteiger partial charge in [0.2, 0.25) is 0 Å². The Morgan fingerprint density at radius 3 is 2.20 bits per heavy atom. The molecule has 1 atom stereocenters. The van der Waals surface area contributed by atoms with Crippen LogP contribution >= 0.6 is 11.6 Å². The molecule has 86 valence electrons. The van der Waals surface area contributed by atoms with Crippen molar-refractivity contribution in [2.24, 2.45) is 5.92 Å². The molecule has 0 saturated heterocycles. The molecule has 0 amide bonds. The molecule has 0 fully saturated rings. The van der Waals surface area contributed by atoms with Crippen LogP contribution in [0.15, 0.2) is 6.07 Å². The molecular formula is C9H12ClF3N2. The van der Waals surface area contributed by atoms with Crippen molar-refractivity contribution in [3.05, 3.63) is 16.9 Å². The lowest BCUT2D eigenvalue weighted by atomic mass is 10.1. The van der Waals surface area contributed by atoms with E-state index in [0.29, 0.717) is 0 Å². The Bertz CT molecular complexity index is 344. The molecule has 0 aliphatic carbocycles. The smallest absolute Gasteiger partial charge is 0.250 e. The van der Waals surface area contributed by atoms with Crippen molar-refractivity contribution in [2.45, 2.75) is 33.0 Å². The second-order valence-electron chi connectivity index (χ2n) is 3.78. The third-order valence-corrected chi connectivity index (χ3v) is 2.61. The zero-order valence-corrected chi connectivity index (χ0v) is 9.39. The summed E-state index contributed by atoms with van der Waals surface area (Å²) in [4.78, 5) is 0. The zero-order chi connectivity index (χ0) is 11.8. The molecule has 1 unspecified atom stereocenters. The van der Waals surface area contributed by atoms with Crippen LogP contribution in [0.3, 0.4) is 0 Å². The number of alkyl halides is 3. The quantitative estimate of drug-likeness (QED) is 0.769. The van der Waals surface area contributed by atoms with Crippen LogP contribution in [0.1, 0.15) is 32.5 Å². The minimum Gasteiger partial charge on any atom is -0.250 e. The molecule has 0 aliphatic heterocycles. The third kappa shape index (κ3) is 2.65. The molecule has 15 heavy (non-hydrogen) atoms. The van der Waals surface area contributed by atoms with E-state index < -0.39 is 11.9 Å². The van der Waals surface area contributed by atoms with E-state index in [9.17, 15) is 13.2 Å². The summed E-state index contributed by atoms with van der Waals surface area (Å²) in [5.41, 5.74) is -0.944. The molecule has 0 spiro atoms. The lowest BCUT2D eigenvalue weighted by Gasteiger charge is -2.16. The van der Waals surface area contributed by atoms with Gasteiger partial charge in [-0.1, -0.05) is 25.4 Å². The average molecular weight is 241 g/mol. The highest BCUT2D eigenvalue weighted by Gasteiger charge is 2.35. The summed E-state index contributed by atoms with van der Waals surface area (Å²) in [6, 6.07) is 0.689. The van der Waals surface area contributed by atoms with Gasteiger partial charge in [-0.15, -0.1) is 0 Å². The van der Waals surface area contributed by atoms with Crippen molar-refractivity contribution in [1.29, 1.82) is 0 Å². The molecule has 1 rings (SSSR count). The van der Waals surface area contributed by atoms with Crippen LogP contribution in [-0.4, -0.2) is 9.78 Å². The van der Waals surface area contributed by atoms with Gasteiger partial charge in [0.1, 0.15) is 5.15 Å². The highest BCUT2D eigenvalue weighted by atomic mass is 35.5. The van der Waals surface area contributed by atoms with Gasteiger partial charge >= 0.3 is 6.18 Å². The van der Waals surface area contributed by atoms with E-state index in [1.165, 1.54) is 4.68 Å². The van der Waals surface area contributed by atoms with Crippen molar-refractivity contribution in [1.82, 2.24) is 9.78 Å². The first-order chi connectivity index (χ1) is 6.73. The Hall–Kier alpha value is -0.710. The summed E-state index contributed by atoms with van der Waals surface area (Å²) in [6.07, 6.45) is -4.44. The molecule has 0 aromatic carbocycles. The minimum absolute atomic E-state index is 0.0172. The van der Waals surface area contributed by atoms with Crippen LogP contribution in [0.2, 0.25) is 5.15 Å². The van der Waals surface area contributed by atoms with Gasteiger partial charge in [0.05, 0.1) is 6.04 Å². The van der Waals surface area contributed by atoms with Crippen LogP contribution in [-0.2, 0) is 6.18 Å². The molecule has 1 heterocycles. The topological polar surface area (TPSA) is 17.8 Å². The van der Waals surface area contributed by atoms with Gasteiger partial charge in [0.25, 0.3) is 0 Å². The van der Waals surface area contributed by atoms with Gasteiger partial charge in [0, 0.05) is 6.07 Å². The lowest BCUT2D eigenvalue weighted by molar-refractivity contribution is -0.141. The highest BCUT2D eigenvalue weighted by Crippen LogP contribution is 2.32. The van der Waals surface area contributed by atoms with Crippen molar-refractivity contribution in [2.75, 3.05) is 0 Å². The number of hydrogen-bond acceptors (Lipinski definition) is 1. The van der Waals surface area contributed by atoms with E-state index in [2.05, 4.69) is 5.10 Å². The first kappa shape index (κ1) is 12.4. The predicted molar refractivity (Wildman–Crippen MR) is 51.8 cm³/mol. The fraction of sp³-hybridized carbons (Fsp3) is 0.667. The third-order valence-electron chi connectivity index (χ3n) is 2.33. The lowest BCUT2D eigenvalue weighted by Crippen LogP contribution is -2.15. The summed E-state index contributed by atoms with van der Waals surface area (Å²) in [6.45, 7) is 5.58. The van der Waals surface area contributed by atoms with Crippen LogP contribution in [0.5, 0.6) is 0 Å². The second kappa shape index (κ2) is 4.04. The number of nitrogens with zero attached hydrogens (tertiary/aromatic N) is 2. The van der Waals surface area contributed by atoms with Gasteiger partial charge in [0.15, 0.2) is 5.69 Å². The summed E-state index contributed by atoms with van der Waals surface area (Å²) < 4.78 is 38.1. The van der Waals surface area contributed by atoms with Crippen LogP contribution < -0.4 is 0 Å². The second-order valence-corrected chi connectivity index (χ2v) is 4.17. The molecule has 0 bridgehead atoms. The largest absolute Gasteiger partial charge is 0.435 e. The molecular weight excluding hydrogens is 229 g/mol. The van der Waals surface area contributed by atoms with Gasteiger partial charge in [-0.25, -0.2) is 0 Å². The van der Waals surface area contributed by atoms with E-state index in [-0.39, 0.29) is 17.1 Å². The van der Waals surface area contributed by atoms with E-state index in [1.54, 1.807) is 6.92 Å². The Morgan fingerprint density at radius 2 is 1.87 bits per heavy atom. The Labute approximate surface area is 91.0 Å². The summed E-state index contributed by atoms with van der Waals surface area (Å²) in [5.74, 6) is 0.170. The van der Waals surface area contributed by atoms with Crippen LogP contribution in [0.25, 0.3) is 0 Å². The maximum atomic E-state index is 12.3. The molecule has 0 radical (unpaired) electrons. The summed E-state index contributed by atoms with van der Waals surface area (Å²) in [7, 11) is 0. The molecule has 0 N–H and O–H groups in total. The van der Waals surface area contributed by atoms with Gasteiger partial charge in [-0.2, -0.15) is 18.3 Å². The Balaban J connectivity index is 3.07. The molecule has 6 heteroatoms. The fourth-order valence-electron chi connectivity index (χ4n) is 1.08. The van der Waals surface area contributed by atoms with Crippen molar-refractivity contribution in [3.8, 4) is 0 Å². The van der Waals surface area contributed by atoms with Crippen LogP contribution in [0.4, 0.5) is 13.2 Å². The Morgan fingerprint density at radius 1 is 1.33 bits per heavy atom. The van der Waals surface area contributed by atoms with E-state index in [0.717, 1.165) is 6.07 Å². The number of halogens is 4. The number of aromatic nitrogens is 2. The van der Waals surface area contributed by atoms with E-state index in [1.807, 2.05) is 13.8 Å². The van der Waals surface area contributed by atoms with Gasteiger partial charge in [-0.05, 0) is 12.8 Å². The Kier molecular flexibility index (Phi) is 3.33. The molecule has 1 aromatic rings. The molecule has 2 nitrogen and oxygen atoms in total. The first-order valence-corrected chi connectivity index (χ1v) is 4.93. The van der Waals surface area contributed by atoms with E-state index in [4.69, 9.17) is 11.6 Å². The maximum Gasteiger partial charge on any atom is 0.435 e. The number of rotatable bonds is 2. The highest BCUT2D eigenvalue weighted by molar-refractivity contribution is 6.29. The van der Waals surface area contributed by atoms with Gasteiger partial charge in [-0.3, -0.25) is 4.68 Å². The molecule has 0 aliphatic rings. The molecule has 0 saturated carbocycles.